The van der Waals surface area contributed by atoms with Crippen molar-refractivity contribution in [2.45, 2.75) is 19.9 Å². The number of nitrogens with zero attached hydrogens (tertiary/aromatic N) is 2. The average Bonchev–Trinajstić information content (AvgIpc) is 2.36. The second-order valence-corrected chi connectivity index (χ2v) is 6.96. The van der Waals surface area contributed by atoms with E-state index in [0.717, 1.165) is 0 Å². The Morgan fingerprint density at radius 3 is 2.37 bits per heavy atom. The van der Waals surface area contributed by atoms with Crippen LogP contribution in [0.2, 0.25) is 0 Å². The molecule has 1 aromatic carbocycles. The van der Waals surface area contributed by atoms with Gasteiger partial charge >= 0.3 is 10.2 Å². The fraction of sp³-hybridized carbons (Fsp3) is 0.417. The molecule has 0 saturated carbocycles. The lowest BCUT2D eigenvalue weighted by Gasteiger charge is -2.28. The molecule has 0 aliphatic carbocycles. The van der Waals surface area contributed by atoms with Crippen molar-refractivity contribution in [2.24, 2.45) is 5.73 Å². The molecule has 0 aromatic heterocycles. The van der Waals surface area contributed by atoms with E-state index in [1.807, 2.05) is 13.8 Å². The standard InChI is InChI=1S/C12H19N3O2S2/c1-9(2)14(3)19(16,17)15(4)11-7-5-6-10(8-11)12(13)18/h5-9H,1-4H3,(H2,13,18). The van der Waals surface area contributed by atoms with Gasteiger partial charge in [0.1, 0.15) is 4.99 Å². The predicted octanol–water partition coefficient (Wildman–Crippen LogP) is 1.34. The molecule has 0 amide bonds. The summed E-state index contributed by atoms with van der Waals surface area (Å²) in [6.07, 6.45) is 0. The van der Waals surface area contributed by atoms with Crippen molar-refractivity contribution in [3.05, 3.63) is 29.8 Å². The maximum absolute atomic E-state index is 12.3. The van der Waals surface area contributed by atoms with E-state index in [1.54, 1.807) is 31.3 Å². The van der Waals surface area contributed by atoms with Crippen molar-refractivity contribution in [1.29, 1.82) is 0 Å². The molecule has 0 bridgehead atoms. The van der Waals surface area contributed by atoms with Crippen LogP contribution in [-0.2, 0) is 10.2 Å². The molecule has 19 heavy (non-hydrogen) atoms. The minimum absolute atomic E-state index is 0.119. The molecule has 0 heterocycles. The molecule has 1 rings (SSSR count). The van der Waals surface area contributed by atoms with Crippen molar-refractivity contribution in [2.75, 3.05) is 18.4 Å². The van der Waals surface area contributed by atoms with Gasteiger partial charge in [-0.15, -0.1) is 0 Å². The predicted molar refractivity (Wildman–Crippen MR) is 82.6 cm³/mol. The van der Waals surface area contributed by atoms with Gasteiger partial charge in [0.15, 0.2) is 0 Å². The van der Waals surface area contributed by atoms with Crippen LogP contribution in [0.15, 0.2) is 24.3 Å². The van der Waals surface area contributed by atoms with Gasteiger partial charge in [0.05, 0.1) is 5.69 Å². The van der Waals surface area contributed by atoms with Gasteiger partial charge < -0.3 is 5.73 Å². The van der Waals surface area contributed by atoms with Crippen molar-refractivity contribution in [3.8, 4) is 0 Å². The zero-order valence-corrected chi connectivity index (χ0v) is 13.1. The second-order valence-electron chi connectivity index (χ2n) is 4.50. The number of benzene rings is 1. The highest BCUT2D eigenvalue weighted by Gasteiger charge is 2.26. The highest BCUT2D eigenvalue weighted by Crippen LogP contribution is 2.20. The fourth-order valence-electron chi connectivity index (χ4n) is 1.45. The molecule has 106 valence electrons. The maximum atomic E-state index is 12.3. The lowest BCUT2D eigenvalue weighted by molar-refractivity contribution is 0.409. The van der Waals surface area contributed by atoms with Crippen molar-refractivity contribution >= 4 is 33.1 Å². The average molecular weight is 301 g/mol. The second kappa shape index (κ2) is 5.85. The van der Waals surface area contributed by atoms with Gasteiger partial charge in [-0.2, -0.15) is 12.7 Å². The van der Waals surface area contributed by atoms with Gasteiger partial charge in [0, 0.05) is 25.7 Å². The normalized spacial score (nSPS) is 11.9. The molecule has 0 unspecified atom stereocenters. The van der Waals surface area contributed by atoms with Crippen molar-refractivity contribution in [3.63, 3.8) is 0 Å². The number of rotatable bonds is 5. The summed E-state index contributed by atoms with van der Waals surface area (Å²) in [6, 6.07) is 6.72. The zero-order valence-electron chi connectivity index (χ0n) is 11.5. The van der Waals surface area contributed by atoms with Crippen LogP contribution in [0.1, 0.15) is 19.4 Å². The Labute approximate surface area is 120 Å². The van der Waals surface area contributed by atoms with Crippen LogP contribution in [0.25, 0.3) is 0 Å². The van der Waals surface area contributed by atoms with Gasteiger partial charge in [-0.05, 0) is 26.0 Å². The molecule has 5 nitrogen and oxygen atoms in total. The minimum Gasteiger partial charge on any atom is -0.389 e. The SMILES string of the molecule is CC(C)N(C)S(=O)(=O)N(C)c1cccc(C(N)=S)c1. The molecule has 0 atom stereocenters. The molecule has 2 N–H and O–H groups in total. The first kappa shape index (κ1) is 15.9. The summed E-state index contributed by atoms with van der Waals surface area (Å²) >= 11 is 4.89. The Bertz CT molecular complexity index is 570. The summed E-state index contributed by atoms with van der Waals surface area (Å²) in [6.45, 7) is 3.63. The monoisotopic (exact) mass is 301 g/mol. The molecule has 0 saturated heterocycles. The summed E-state index contributed by atoms with van der Waals surface area (Å²) in [5, 5.41) is 0. The third-order valence-corrected chi connectivity index (χ3v) is 5.22. The summed E-state index contributed by atoms with van der Waals surface area (Å²) < 4.78 is 27.2. The highest BCUT2D eigenvalue weighted by atomic mass is 32.2. The molecule has 0 aliphatic heterocycles. The summed E-state index contributed by atoms with van der Waals surface area (Å²) in [4.78, 5) is 0.241. The molecule has 0 aliphatic rings. The fourth-order valence-corrected chi connectivity index (χ4v) is 2.87. The first-order valence-electron chi connectivity index (χ1n) is 5.79. The number of anilines is 1. The molecule has 0 fully saturated rings. The van der Waals surface area contributed by atoms with Crippen molar-refractivity contribution < 1.29 is 8.42 Å². The third-order valence-electron chi connectivity index (χ3n) is 2.93. The van der Waals surface area contributed by atoms with E-state index in [0.29, 0.717) is 11.3 Å². The molecular formula is C12H19N3O2S2. The number of hydrogen-bond donors (Lipinski definition) is 1. The largest absolute Gasteiger partial charge is 0.389 e. The summed E-state index contributed by atoms with van der Waals surface area (Å²) in [5.41, 5.74) is 6.72. The van der Waals surface area contributed by atoms with Gasteiger partial charge in [0.2, 0.25) is 0 Å². The first-order valence-corrected chi connectivity index (χ1v) is 7.60. The maximum Gasteiger partial charge on any atom is 0.303 e. The molecule has 7 heteroatoms. The van der Waals surface area contributed by atoms with E-state index in [2.05, 4.69) is 0 Å². The smallest absolute Gasteiger partial charge is 0.303 e. The lowest BCUT2D eigenvalue weighted by atomic mass is 10.2. The Balaban J connectivity index is 3.16. The van der Waals surface area contributed by atoms with Crippen LogP contribution in [0.3, 0.4) is 0 Å². The Morgan fingerprint density at radius 1 is 1.32 bits per heavy atom. The number of hydrogen-bond acceptors (Lipinski definition) is 3. The number of nitrogens with two attached hydrogens (primary N) is 1. The molecule has 0 spiro atoms. The van der Waals surface area contributed by atoms with E-state index in [9.17, 15) is 8.42 Å². The quantitative estimate of drug-likeness (QED) is 0.834. The Morgan fingerprint density at radius 2 is 1.89 bits per heavy atom. The first-order chi connectivity index (χ1) is 8.67. The molecular weight excluding hydrogens is 282 g/mol. The van der Waals surface area contributed by atoms with E-state index in [-0.39, 0.29) is 11.0 Å². The zero-order chi connectivity index (χ0) is 14.8. The number of thiocarbonyl (C=S) groups is 1. The van der Waals surface area contributed by atoms with E-state index >= 15 is 0 Å². The van der Waals surface area contributed by atoms with Gasteiger partial charge in [-0.25, -0.2) is 0 Å². The third kappa shape index (κ3) is 3.43. The lowest BCUT2D eigenvalue weighted by Crippen LogP contribution is -2.43. The van der Waals surface area contributed by atoms with E-state index in [1.165, 1.54) is 15.7 Å². The van der Waals surface area contributed by atoms with Crippen LogP contribution in [0, 0.1) is 0 Å². The summed E-state index contributed by atoms with van der Waals surface area (Å²) in [5.74, 6) is 0. The van der Waals surface area contributed by atoms with E-state index < -0.39 is 10.2 Å². The Hall–Kier alpha value is -1.18. The van der Waals surface area contributed by atoms with Gasteiger partial charge in [-0.1, -0.05) is 24.4 Å². The van der Waals surface area contributed by atoms with E-state index in [4.69, 9.17) is 18.0 Å². The minimum atomic E-state index is -3.55. The van der Waals surface area contributed by atoms with Crippen molar-refractivity contribution in [1.82, 2.24) is 4.31 Å². The Kier molecular flexibility index (Phi) is 4.89. The summed E-state index contributed by atoms with van der Waals surface area (Å²) in [7, 11) is -0.495. The molecule has 1 aromatic rings. The highest BCUT2D eigenvalue weighted by molar-refractivity contribution is 7.90. The van der Waals surface area contributed by atoms with Crippen LogP contribution in [-0.4, -0.2) is 37.8 Å². The van der Waals surface area contributed by atoms with Crippen LogP contribution in [0.5, 0.6) is 0 Å². The van der Waals surface area contributed by atoms with Crippen LogP contribution < -0.4 is 10.0 Å². The van der Waals surface area contributed by atoms with Gasteiger partial charge in [0.25, 0.3) is 0 Å². The van der Waals surface area contributed by atoms with Crippen LogP contribution >= 0.6 is 12.2 Å². The van der Waals surface area contributed by atoms with Crippen LogP contribution in [0.4, 0.5) is 5.69 Å². The molecule has 0 radical (unpaired) electrons. The van der Waals surface area contributed by atoms with Gasteiger partial charge in [-0.3, -0.25) is 4.31 Å². The topological polar surface area (TPSA) is 66.6 Å².